The van der Waals surface area contributed by atoms with Crippen molar-refractivity contribution in [1.29, 1.82) is 0 Å². The molecule has 0 bridgehead atoms. The van der Waals surface area contributed by atoms with Gasteiger partial charge in [0.2, 0.25) is 0 Å². The third kappa shape index (κ3) is 3.68. The highest BCUT2D eigenvalue weighted by Gasteiger charge is 2.70. The van der Waals surface area contributed by atoms with Gasteiger partial charge in [-0.05, 0) is 41.0 Å². The zero-order valence-electron chi connectivity index (χ0n) is 18.6. The number of ether oxygens (including phenoxy) is 4. The van der Waals surface area contributed by atoms with E-state index in [2.05, 4.69) is 0 Å². The van der Waals surface area contributed by atoms with Crippen LogP contribution >= 0.6 is 0 Å². The summed E-state index contributed by atoms with van der Waals surface area (Å²) in [5, 5.41) is 10.5. The zero-order chi connectivity index (χ0) is 23.1. The van der Waals surface area contributed by atoms with E-state index < -0.39 is 29.6 Å². The number of methoxy groups -OCH3 is 2. The molecular weight excluding hydrogens is 423 g/mol. The fourth-order valence-corrected chi connectivity index (χ4v) is 4.70. The van der Waals surface area contributed by atoms with Gasteiger partial charge in [-0.25, -0.2) is 4.39 Å². The number of alkyl halides is 1. The molecule has 1 heterocycles. The lowest BCUT2D eigenvalue weighted by atomic mass is 9.80. The highest BCUT2D eigenvalue weighted by molar-refractivity contribution is 5.49. The monoisotopic (exact) mass is 450 g/mol. The first-order valence-corrected chi connectivity index (χ1v) is 11.0. The molecule has 33 heavy (non-hydrogen) atoms. The maximum atomic E-state index is 14.6. The molecule has 1 saturated carbocycles. The van der Waals surface area contributed by atoms with Gasteiger partial charge in [-0.3, -0.25) is 0 Å². The predicted octanol–water partition coefficient (Wildman–Crippen LogP) is 4.25. The molecule has 2 unspecified atom stereocenters. The maximum Gasteiger partial charge on any atom is 0.167 e. The minimum absolute atomic E-state index is 0.0241. The van der Waals surface area contributed by atoms with Gasteiger partial charge < -0.3 is 24.1 Å². The summed E-state index contributed by atoms with van der Waals surface area (Å²) in [5.41, 5.74) is -0.0458. The van der Waals surface area contributed by atoms with Crippen LogP contribution in [-0.2, 0) is 15.1 Å². The van der Waals surface area contributed by atoms with Gasteiger partial charge in [0.15, 0.2) is 5.67 Å². The molecule has 5 rings (SSSR count). The van der Waals surface area contributed by atoms with Crippen LogP contribution in [0.25, 0.3) is 0 Å². The molecule has 3 aromatic carbocycles. The Hall–Kier alpha value is -2.93. The first kappa shape index (κ1) is 21.9. The van der Waals surface area contributed by atoms with Crippen LogP contribution in [0.5, 0.6) is 11.5 Å². The number of benzene rings is 3. The number of hydrogen-bond acceptors (Lipinski definition) is 5. The van der Waals surface area contributed by atoms with Gasteiger partial charge in [-0.1, -0.05) is 54.6 Å². The Kier molecular flexibility index (Phi) is 5.60. The molecule has 0 spiro atoms. The molecule has 1 aliphatic heterocycles. The summed E-state index contributed by atoms with van der Waals surface area (Å²) >= 11 is 0. The van der Waals surface area contributed by atoms with Gasteiger partial charge in [-0.2, -0.15) is 0 Å². The molecule has 5 nitrogen and oxygen atoms in total. The van der Waals surface area contributed by atoms with Crippen LogP contribution in [0.15, 0.2) is 78.9 Å². The minimum Gasteiger partial charge on any atom is -0.497 e. The highest BCUT2D eigenvalue weighted by atomic mass is 19.1. The summed E-state index contributed by atoms with van der Waals surface area (Å²) in [6, 6.07) is 25.2. The molecule has 2 aliphatic rings. The molecule has 0 amide bonds. The van der Waals surface area contributed by atoms with Crippen molar-refractivity contribution in [2.75, 3.05) is 20.8 Å². The number of fused-ring (bicyclic) bond motifs is 1. The largest absolute Gasteiger partial charge is 0.497 e. The van der Waals surface area contributed by atoms with E-state index in [1.165, 1.54) is 0 Å². The van der Waals surface area contributed by atoms with Crippen molar-refractivity contribution in [2.45, 2.75) is 36.0 Å². The Morgan fingerprint density at radius 3 is 1.85 bits per heavy atom. The van der Waals surface area contributed by atoms with E-state index in [9.17, 15) is 9.50 Å². The molecular formula is C27H27FO5. The molecule has 3 aromatic rings. The van der Waals surface area contributed by atoms with Gasteiger partial charge in [0.1, 0.15) is 29.3 Å². The summed E-state index contributed by atoms with van der Waals surface area (Å²) in [6.07, 6.45) is -2.25. The third-order valence-corrected chi connectivity index (χ3v) is 6.69. The van der Waals surface area contributed by atoms with E-state index in [1.807, 2.05) is 78.9 Å². The van der Waals surface area contributed by atoms with Crippen molar-refractivity contribution in [3.05, 3.63) is 95.6 Å². The Morgan fingerprint density at radius 1 is 0.879 bits per heavy atom. The van der Waals surface area contributed by atoms with Gasteiger partial charge in [0.05, 0.1) is 26.9 Å². The van der Waals surface area contributed by atoms with Crippen LogP contribution in [0.2, 0.25) is 0 Å². The lowest BCUT2D eigenvalue weighted by molar-refractivity contribution is -0.0898. The molecule has 0 aromatic heterocycles. The standard InChI is InChI=1S/C27H27FO5/c1-30-21-12-8-19(9-13-21)27(18-6-4-3-5-7-18,20-10-14-22(31-2)15-11-20)32-17-23-25(29)26(28)16-24(26)33-23/h3-15,23-25,29H,16-17H2,1-2H3/t23?,24?,25-,26+/m1/s1. The van der Waals surface area contributed by atoms with E-state index >= 15 is 0 Å². The Balaban J connectivity index is 1.60. The molecule has 1 N–H and O–H groups in total. The van der Waals surface area contributed by atoms with Gasteiger partial charge in [-0.15, -0.1) is 0 Å². The van der Waals surface area contributed by atoms with Crippen molar-refractivity contribution in [3.8, 4) is 11.5 Å². The maximum absolute atomic E-state index is 14.6. The minimum atomic E-state index is -1.65. The van der Waals surface area contributed by atoms with E-state index in [0.717, 1.165) is 28.2 Å². The van der Waals surface area contributed by atoms with Crippen LogP contribution < -0.4 is 9.47 Å². The topological polar surface area (TPSA) is 57.2 Å². The quantitative estimate of drug-likeness (QED) is 0.520. The van der Waals surface area contributed by atoms with Crippen LogP contribution in [0.4, 0.5) is 4.39 Å². The molecule has 1 aliphatic carbocycles. The molecule has 4 atom stereocenters. The average Bonchev–Trinajstić information content (AvgIpc) is 3.48. The fraction of sp³-hybridized carbons (Fsp3) is 0.333. The lowest BCUT2D eigenvalue weighted by Gasteiger charge is -2.37. The number of halogens is 1. The van der Waals surface area contributed by atoms with Gasteiger partial charge in [0.25, 0.3) is 0 Å². The number of rotatable bonds is 8. The highest BCUT2D eigenvalue weighted by Crippen LogP contribution is 2.53. The van der Waals surface area contributed by atoms with Crippen LogP contribution in [0.1, 0.15) is 23.1 Å². The second-order valence-corrected chi connectivity index (χ2v) is 8.55. The van der Waals surface area contributed by atoms with Gasteiger partial charge in [0, 0.05) is 6.42 Å². The SMILES string of the molecule is COc1ccc(C(OCC2OC3C[C@@]3(F)[C@@H]2O)(c2ccccc2)c2ccc(OC)cc2)cc1. The second-order valence-electron chi connectivity index (χ2n) is 8.55. The van der Waals surface area contributed by atoms with Gasteiger partial charge >= 0.3 is 0 Å². The molecule has 2 fully saturated rings. The number of aliphatic hydroxyl groups excluding tert-OH is 1. The average molecular weight is 451 g/mol. The first-order chi connectivity index (χ1) is 16.0. The van der Waals surface area contributed by atoms with Crippen molar-refractivity contribution < 1.29 is 28.4 Å². The third-order valence-electron chi connectivity index (χ3n) is 6.69. The van der Waals surface area contributed by atoms with E-state index in [4.69, 9.17) is 18.9 Å². The molecule has 1 saturated heterocycles. The summed E-state index contributed by atoms with van der Waals surface area (Å²) in [7, 11) is 3.24. The lowest BCUT2D eigenvalue weighted by Crippen LogP contribution is -2.40. The zero-order valence-corrected chi connectivity index (χ0v) is 18.6. The van der Waals surface area contributed by atoms with E-state index in [0.29, 0.717) is 0 Å². The van der Waals surface area contributed by atoms with Crippen molar-refractivity contribution in [2.24, 2.45) is 0 Å². The Labute approximate surface area is 192 Å². The normalized spacial score (nSPS) is 26.0. The predicted molar refractivity (Wildman–Crippen MR) is 121 cm³/mol. The molecule has 6 heteroatoms. The van der Waals surface area contributed by atoms with Crippen molar-refractivity contribution in [3.63, 3.8) is 0 Å². The number of aliphatic hydroxyl groups is 1. The molecule has 172 valence electrons. The summed E-state index contributed by atoms with van der Waals surface area (Å²) in [5.74, 6) is 1.45. The Bertz CT molecular complexity index is 1040. The first-order valence-electron chi connectivity index (χ1n) is 11.0. The van der Waals surface area contributed by atoms with E-state index in [1.54, 1.807) is 14.2 Å². The summed E-state index contributed by atoms with van der Waals surface area (Å²) < 4.78 is 37.7. The van der Waals surface area contributed by atoms with Crippen LogP contribution in [-0.4, -0.2) is 49.9 Å². The fourth-order valence-electron chi connectivity index (χ4n) is 4.70. The van der Waals surface area contributed by atoms with Crippen molar-refractivity contribution in [1.82, 2.24) is 0 Å². The summed E-state index contributed by atoms with van der Waals surface area (Å²) in [4.78, 5) is 0. The second kappa shape index (κ2) is 8.45. The van der Waals surface area contributed by atoms with Crippen molar-refractivity contribution >= 4 is 0 Å². The van der Waals surface area contributed by atoms with Crippen LogP contribution in [0.3, 0.4) is 0 Å². The van der Waals surface area contributed by atoms with Crippen LogP contribution in [0, 0.1) is 0 Å². The van der Waals surface area contributed by atoms with E-state index in [-0.39, 0.29) is 13.0 Å². The number of hydrogen-bond donors (Lipinski definition) is 1. The summed E-state index contributed by atoms with van der Waals surface area (Å²) in [6.45, 7) is 0.0241. The Morgan fingerprint density at radius 2 is 1.39 bits per heavy atom. The molecule has 0 radical (unpaired) electrons. The smallest absolute Gasteiger partial charge is 0.167 e.